The Morgan fingerprint density at radius 2 is 1.23 bits per heavy atom. The van der Waals surface area contributed by atoms with Gasteiger partial charge in [0.1, 0.15) is 30.2 Å². The minimum absolute atomic E-state index is 0.00283. The molecule has 0 bridgehead atoms. The van der Waals surface area contributed by atoms with E-state index in [9.17, 15) is 76.5 Å². The zero-order chi connectivity index (χ0) is 44.0. The number of carboxylic acids is 3. The van der Waals surface area contributed by atoms with Crippen LogP contribution in [0.2, 0.25) is 0 Å². The van der Waals surface area contributed by atoms with E-state index >= 15 is 0 Å². The van der Waals surface area contributed by atoms with Gasteiger partial charge in [0.15, 0.2) is 0 Å². The highest BCUT2D eigenvalue weighted by Gasteiger charge is 2.50. The van der Waals surface area contributed by atoms with Gasteiger partial charge < -0.3 is 63.2 Å². The molecule has 1 rings (SSSR count). The van der Waals surface area contributed by atoms with E-state index in [1.807, 2.05) is 5.32 Å². The molecule has 22 nitrogen and oxygen atoms in total. The molecule has 0 unspecified atom stereocenters. The summed E-state index contributed by atoms with van der Waals surface area (Å²) in [5, 5.41) is 38.2. The van der Waals surface area contributed by atoms with Crippen molar-refractivity contribution in [1.29, 1.82) is 0 Å². The van der Waals surface area contributed by atoms with Crippen molar-refractivity contribution in [3.05, 3.63) is 35.4 Å². The van der Waals surface area contributed by atoms with Crippen molar-refractivity contribution in [2.24, 2.45) is 17.4 Å². The SMILES string of the molecule is CC(C)C[C@H](NC(=O)[C@@H](Cc1cccc(C(F)(F)P(=O)(O)O)c1)NC(=O)[C@H](CCC(=O)O)NC(=O)[C@H](CC(=O)O)NC(=O)[C@H](C)NC(=O)[C@@H](N)CC(=O)O)C(N)=O. The normalized spacial score (nSPS) is 14.8. The minimum atomic E-state index is -6.05. The lowest BCUT2D eigenvalue weighted by Gasteiger charge is -2.27. The Hall–Kier alpha value is -5.58. The highest BCUT2D eigenvalue weighted by molar-refractivity contribution is 7.52. The van der Waals surface area contributed by atoms with Gasteiger partial charge in [0.2, 0.25) is 35.4 Å². The van der Waals surface area contributed by atoms with Crippen molar-refractivity contribution in [2.75, 3.05) is 0 Å². The molecule has 0 radical (unpaired) electrons. The fraction of sp³-hybridized carbons (Fsp3) is 0.531. The third-order valence-corrected chi connectivity index (χ3v) is 8.84. The van der Waals surface area contributed by atoms with Crippen LogP contribution in [0, 0.1) is 5.92 Å². The Morgan fingerprint density at radius 1 is 0.719 bits per heavy atom. The number of rotatable bonds is 24. The molecule has 0 saturated carbocycles. The van der Waals surface area contributed by atoms with Gasteiger partial charge in [-0.3, -0.25) is 47.7 Å². The fourth-order valence-corrected chi connectivity index (χ4v) is 5.39. The number of nitrogens with two attached hydrogens (primary N) is 2. The zero-order valence-corrected chi connectivity index (χ0v) is 31.7. The average molecular weight is 838 g/mol. The van der Waals surface area contributed by atoms with Crippen LogP contribution < -0.4 is 38.1 Å². The topological polar surface area (TPSA) is 384 Å². The summed E-state index contributed by atoms with van der Waals surface area (Å²) in [6.45, 7) is 4.44. The number of amides is 6. The first-order valence-corrected chi connectivity index (χ1v) is 18.5. The van der Waals surface area contributed by atoms with E-state index in [4.69, 9.17) is 16.6 Å². The van der Waals surface area contributed by atoms with Gasteiger partial charge in [0.05, 0.1) is 18.9 Å². The minimum Gasteiger partial charge on any atom is -0.481 e. The standard InChI is InChI=1S/C32H46F2N7O15P/c1-14(2)9-20(26(36)48)39-30(52)21(11-16-5-4-6-17(10-16)32(33,34)57(54,55)56)41-29(51)19(7-8-23(42)43)38-31(53)22(13-25(46)47)40-27(49)15(3)37-28(50)18(35)12-24(44)45/h4-6,10,14-15,18-22H,7-9,11-13,35H2,1-3H3,(H2,36,48)(H,37,50)(H,38,53)(H,39,52)(H,40,49)(H,41,51)(H,42,43)(H,44,45)(H,46,47)(H2,54,55,56)/t15-,18-,19-,20-,21+,22-/m0/s1. The van der Waals surface area contributed by atoms with Crippen LogP contribution in [0.15, 0.2) is 24.3 Å². The van der Waals surface area contributed by atoms with E-state index in [1.54, 1.807) is 13.8 Å². The summed E-state index contributed by atoms with van der Waals surface area (Å²) in [6, 6.07) is -6.72. The van der Waals surface area contributed by atoms with Crippen LogP contribution in [0.25, 0.3) is 0 Å². The molecule has 57 heavy (non-hydrogen) atoms. The molecule has 0 spiro atoms. The van der Waals surface area contributed by atoms with Gasteiger partial charge in [-0.2, -0.15) is 8.78 Å². The van der Waals surface area contributed by atoms with E-state index in [-0.39, 0.29) is 17.9 Å². The monoisotopic (exact) mass is 837 g/mol. The summed E-state index contributed by atoms with van der Waals surface area (Å²) in [7, 11) is -6.05. The van der Waals surface area contributed by atoms with Crippen molar-refractivity contribution in [2.45, 2.75) is 101 Å². The van der Waals surface area contributed by atoms with E-state index in [0.717, 1.165) is 19.1 Å². The lowest BCUT2D eigenvalue weighted by Crippen LogP contribution is -2.59. The smallest absolute Gasteiger partial charge is 0.399 e. The van der Waals surface area contributed by atoms with Crippen LogP contribution in [-0.4, -0.2) is 115 Å². The van der Waals surface area contributed by atoms with Crippen molar-refractivity contribution in [1.82, 2.24) is 26.6 Å². The predicted octanol–water partition coefficient (Wildman–Crippen LogP) is -2.43. The average Bonchev–Trinajstić information content (AvgIpc) is 3.07. The number of carbonyl (C=O) groups excluding carboxylic acids is 6. The van der Waals surface area contributed by atoms with Crippen molar-refractivity contribution >= 4 is 60.9 Å². The maximum Gasteiger partial charge on any atom is 0.399 e. The first-order valence-electron chi connectivity index (χ1n) is 16.9. The lowest BCUT2D eigenvalue weighted by molar-refractivity contribution is -0.141. The Kier molecular flexibility index (Phi) is 18.8. The van der Waals surface area contributed by atoms with Gasteiger partial charge in [-0.25, -0.2) is 0 Å². The number of carboxylic acid groups (broad SMARTS) is 3. The van der Waals surface area contributed by atoms with Crippen LogP contribution in [0.4, 0.5) is 8.78 Å². The van der Waals surface area contributed by atoms with E-state index in [0.29, 0.717) is 12.1 Å². The second kappa shape index (κ2) is 21.6. The van der Waals surface area contributed by atoms with Crippen molar-refractivity contribution in [3.63, 3.8) is 0 Å². The maximum atomic E-state index is 14.5. The largest absolute Gasteiger partial charge is 0.481 e. The summed E-state index contributed by atoms with van der Waals surface area (Å²) in [5.74, 6) is -11.9. The van der Waals surface area contributed by atoms with Crippen LogP contribution in [-0.2, 0) is 59.8 Å². The quantitative estimate of drug-likeness (QED) is 0.0482. The number of nitrogens with one attached hydrogen (secondary N) is 5. The lowest BCUT2D eigenvalue weighted by atomic mass is 9.99. The molecule has 1 aromatic rings. The van der Waals surface area contributed by atoms with Crippen LogP contribution >= 0.6 is 7.60 Å². The first-order chi connectivity index (χ1) is 26.2. The van der Waals surface area contributed by atoms with Gasteiger partial charge in [-0.15, -0.1) is 0 Å². The number of primary amides is 1. The first kappa shape index (κ1) is 49.4. The molecule has 0 aliphatic rings. The summed E-state index contributed by atoms with van der Waals surface area (Å²) >= 11 is 0. The highest BCUT2D eigenvalue weighted by Crippen LogP contribution is 2.59. The van der Waals surface area contributed by atoms with Gasteiger partial charge in [0.25, 0.3) is 0 Å². The molecule has 25 heteroatoms. The number of hydrogen-bond donors (Lipinski definition) is 12. The number of alkyl halides is 2. The van der Waals surface area contributed by atoms with Gasteiger partial charge >= 0.3 is 31.2 Å². The van der Waals surface area contributed by atoms with Crippen LogP contribution in [0.3, 0.4) is 0 Å². The third-order valence-electron chi connectivity index (χ3n) is 7.85. The predicted molar refractivity (Wildman–Crippen MR) is 189 cm³/mol. The maximum absolute atomic E-state index is 14.5. The van der Waals surface area contributed by atoms with Crippen LogP contribution in [0.1, 0.15) is 64.0 Å². The van der Waals surface area contributed by atoms with E-state index in [1.165, 1.54) is 0 Å². The molecule has 0 aromatic heterocycles. The summed E-state index contributed by atoms with van der Waals surface area (Å²) in [6.07, 6.45) is -4.18. The highest BCUT2D eigenvalue weighted by atomic mass is 31.2. The molecule has 1 aromatic carbocycles. The molecule has 0 heterocycles. The number of halogens is 2. The second-order valence-corrected chi connectivity index (χ2v) is 14.9. The molecular formula is C32H46F2N7O15P. The number of carbonyl (C=O) groups is 9. The van der Waals surface area contributed by atoms with Gasteiger partial charge in [-0.05, 0) is 37.3 Å². The molecule has 6 amide bonds. The Balaban J connectivity index is 3.52. The number of hydrogen-bond acceptors (Lipinski definition) is 11. The van der Waals surface area contributed by atoms with Gasteiger partial charge in [0, 0.05) is 18.4 Å². The summed E-state index contributed by atoms with van der Waals surface area (Å²) < 4.78 is 40.6. The molecular weight excluding hydrogens is 791 g/mol. The molecule has 14 N–H and O–H groups in total. The van der Waals surface area contributed by atoms with Crippen LogP contribution in [0.5, 0.6) is 0 Å². The fourth-order valence-electron chi connectivity index (χ4n) is 4.92. The summed E-state index contributed by atoms with van der Waals surface area (Å²) in [4.78, 5) is 130. The van der Waals surface area contributed by atoms with Gasteiger partial charge in [-0.1, -0.05) is 32.0 Å². The molecule has 0 aliphatic carbocycles. The second-order valence-electron chi connectivity index (χ2n) is 13.2. The molecule has 0 aliphatic heterocycles. The zero-order valence-electron chi connectivity index (χ0n) is 30.8. The number of aliphatic carboxylic acids is 3. The number of benzene rings is 1. The van der Waals surface area contributed by atoms with E-state index < -0.39 is 141 Å². The molecule has 0 fully saturated rings. The Morgan fingerprint density at radius 3 is 1.74 bits per heavy atom. The summed E-state index contributed by atoms with van der Waals surface area (Å²) in [5.41, 5.74) is 4.82. The van der Waals surface area contributed by atoms with E-state index in [2.05, 4.69) is 21.3 Å². The molecule has 0 saturated heterocycles. The third kappa shape index (κ3) is 16.6. The van der Waals surface area contributed by atoms with Crippen molar-refractivity contribution < 1.29 is 81.6 Å². The molecule has 318 valence electrons. The Labute approximate surface area is 323 Å². The molecule has 6 atom stereocenters. The van der Waals surface area contributed by atoms with Crippen molar-refractivity contribution in [3.8, 4) is 0 Å². The Bertz CT molecular complexity index is 1740.